The van der Waals surface area contributed by atoms with Gasteiger partial charge in [-0.1, -0.05) is 72.0 Å². The van der Waals surface area contributed by atoms with Crippen molar-refractivity contribution < 1.29 is 4.42 Å². The molecule has 7 heteroatoms. The summed E-state index contributed by atoms with van der Waals surface area (Å²) in [5.41, 5.74) is 2.71. The maximum Gasteiger partial charge on any atom is 0.275 e. The Balaban J connectivity index is 1.45. The highest BCUT2D eigenvalue weighted by atomic mass is 32.1. The summed E-state index contributed by atoms with van der Waals surface area (Å²) in [5, 5.41) is 5.24. The highest BCUT2D eigenvalue weighted by molar-refractivity contribution is 7.19. The zero-order valence-corrected chi connectivity index (χ0v) is 17.5. The van der Waals surface area contributed by atoms with Gasteiger partial charge in [0.05, 0.1) is 18.5 Å². The summed E-state index contributed by atoms with van der Waals surface area (Å²) < 4.78 is 6.93. The molecule has 0 fully saturated rings. The SMILES string of the molecule is O=c1cc(CN(Cc2ccccc2)Cc2ccco2)nc2sc(-c3ccccc3)nn12. The van der Waals surface area contributed by atoms with Crippen molar-refractivity contribution in [1.29, 1.82) is 0 Å². The molecule has 3 heterocycles. The van der Waals surface area contributed by atoms with E-state index in [1.807, 2.05) is 60.7 Å². The monoisotopic (exact) mass is 428 g/mol. The van der Waals surface area contributed by atoms with Gasteiger partial charge in [0.2, 0.25) is 4.96 Å². The van der Waals surface area contributed by atoms with Gasteiger partial charge in [-0.15, -0.1) is 0 Å². The van der Waals surface area contributed by atoms with E-state index in [1.54, 1.807) is 12.3 Å². The first-order chi connectivity index (χ1) is 15.2. The maximum atomic E-state index is 12.7. The second-order valence-electron chi connectivity index (χ2n) is 7.26. The lowest BCUT2D eigenvalue weighted by Crippen LogP contribution is -2.24. The first-order valence-electron chi connectivity index (χ1n) is 9.98. The molecule has 31 heavy (non-hydrogen) atoms. The van der Waals surface area contributed by atoms with Gasteiger partial charge in [-0.05, 0) is 17.7 Å². The summed E-state index contributed by atoms with van der Waals surface area (Å²) in [6, 6.07) is 25.5. The van der Waals surface area contributed by atoms with Gasteiger partial charge < -0.3 is 4.42 Å². The third-order valence-electron chi connectivity index (χ3n) is 4.91. The van der Waals surface area contributed by atoms with E-state index in [1.165, 1.54) is 21.4 Å². The van der Waals surface area contributed by atoms with Crippen LogP contribution in [0.5, 0.6) is 0 Å². The van der Waals surface area contributed by atoms with E-state index >= 15 is 0 Å². The Morgan fingerprint density at radius 2 is 1.68 bits per heavy atom. The summed E-state index contributed by atoms with van der Waals surface area (Å²) in [6.07, 6.45) is 1.68. The molecule has 3 aromatic heterocycles. The number of benzene rings is 2. The third-order valence-corrected chi connectivity index (χ3v) is 5.87. The van der Waals surface area contributed by atoms with Crippen LogP contribution in [0.2, 0.25) is 0 Å². The highest BCUT2D eigenvalue weighted by Crippen LogP contribution is 2.24. The van der Waals surface area contributed by atoms with Crippen LogP contribution in [-0.2, 0) is 19.6 Å². The molecule has 0 amide bonds. The Hall–Kier alpha value is -3.55. The Labute approximate surface area is 183 Å². The topological polar surface area (TPSA) is 63.6 Å². The van der Waals surface area contributed by atoms with Crippen LogP contribution in [-0.4, -0.2) is 19.5 Å². The van der Waals surface area contributed by atoms with Crippen molar-refractivity contribution in [3.05, 3.63) is 112 Å². The van der Waals surface area contributed by atoms with Crippen LogP contribution >= 0.6 is 11.3 Å². The number of nitrogens with zero attached hydrogens (tertiary/aromatic N) is 4. The summed E-state index contributed by atoms with van der Waals surface area (Å²) in [4.78, 5) is 20.3. The third kappa shape index (κ3) is 4.47. The standard InChI is InChI=1S/C24H20N4O2S/c29-22-14-20(25-24-28(22)26-23(31-24)19-10-5-2-6-11-19)16-27(17-21-12-7-13-30-21)15-18-8-3-1-4-9-18/h1-14H,15-17H2. The predicted octanol–water partition coefficient (Wildman–Crippen LogP) is 4.61. The van der Waals surface area contributed by atoms with E-state index in [4.69, 9.17) is 9.40 Å². The molecular weight excluding hydrogens is 408 g/mol. The minimum atomic E-state index is -0.170. The van der Waals surface area contributed by atoms with Crippen LogP contribution in [0.3, 0.4) is 0 Å². The molecule has 0 saturated heterocycles. The van der Waals surface area contributed by atoms with Gasteiger partial charge in [0.15, 0.2) is 0 Å². The van der Waals surface area contributed by atoms with E-state index in [0.717, 1.165) is 28.6 Å². The molecule has 0 unspecified atom stereocenters. The van der Waals surface area contributed by atoms with Crippen molar-refractivity contribution >= 4 is 16.3 Å². The number of hydrogen-bond donors (Lipinski definition) is 0. The van der Waals surface area contributed by atoms with Gasteiger partial charge in [-0.3, -0.25) is 9.69 Å². The minimum absolute atomic E-state index is 0.170. The first kappa shape index (κ1) is 19.4. The lowest BCUT2D eigenvalue weighted by molar-refractivity contribution is 0.224. The molecule has 0 saturated carbocycles. The van der Waals surface area contributed by atoms with Crippen LogP contribution in [0.25, 0.3) is 15.5 Å². The molecule has 0 aliphatic heterocycles. The fourth-order valence-corrected chi connectivity index (χ4v) is 4.43. The van der Waals surface area contributed by atoms with E-state index < -0.39 is 0 Å². The largest absolute Gasteiger partial charge is 0.468 e. The molecule has 0 aliphatic rings. The molecule has 2 aromatic carbocycles. The van der Waals surface area contributed by atoms with Crippen LogP contribution in [0.15, 0.2) is 94.3 Å². The molecule has 0 atom stereocenters. The van der Waals surface area contributed by atoms with Crippen molar-refractivity contribution in [3.8, 4) is 10.6 Å². The molecule has 6 nitrogen and oxygen atoms in total. The Morgan fingerprint density at radius 1 is 0.903 bits per heavy atom. The second kappa shape index (κ2) is 8.67. The van der Waals surface area contributed by atoms with Gasteiger partial charge in [-0.25, -0.2) is 4.98 Å². The van der Waals surface area contributed by atoms with Crippen molar-refractivity contribution in [2.45, 2.75) is 19.6 Å². The number of hydrogen-bond acceptors (Lipinski definition) is 6. The number of fused-ring (bicyclic) bond motifs is 1. The van der Waals surface area contributed by atoms with E-state index in [0.29, 0.717) is 18.1 Å². The molecule has 5 rings (SSSR count). The normalized spacial score (nSPS) is 11.4. The van der Waals surface area contributed by atoms with E-state index in [9.17, 15) is 4.79 Å². The van der Waals surface area contributed by atoms with Gasteiger partial charge >= 0.3 is 0 Å². The smallest absolute Gasteiger partial charge is 0.275 e. The van der Waals surface area contributed by atoms with E-state index in [-0.39, 0.29) is 5.56 Å². The minimum Gasteiger partial charge on any atom is -0.468 e. The Morgan fingerprint density at radius 3 is 2.42 bits per heavy atom. The van der Waals surface area contributed by atoms with E-state index in [2.05, 4.69) is 22.1 Å². The zero-order valence-electron chi connectivity index (χ0n) is 16.7. The molecule has 0 bridgehead atoms. The summed E-state index contributed by atoms with van der Waals surface area (Å²) >= 11 is 1.42. The molecule has 0 N–H and O–H groups in total. The quantitative estimate of drug-likeness (QED) is 0.379. The maximum absolute atomic E-state index is 12.7. The molecule has 0 radical (unpaired) electrons. The van der Waals surface area contributed by atoms with Crippen molar-refractivity contribution in [2.75, 3.05) is 0 Å². The highest BCUT2D eigenvalue weighted by Gasteiger charge is 2.14. The Kier molecular flexibility index (Phi) is 5.43. The van der Waals surface area contributed by atoms with Crippen molar-refractivity contribution in [1.82, 2.24) is 19.5 Å². The number of aromatic nitrogens is 3. The zero-order chi connectivity index (χ0) is 21.0. The van der Waals surface area contributed by atoms with Crippen molar-refractivity contribution in [3.63, 3.8) is 0 Å². The van der Waals surface area contributed by atoms with Crippen LogP contribution in [0, 0.1) is 0 Å². The van der Waals surface area contributed by atoms with Crippen LogP contribution in [0.1, 0.15) is 17.0 Å². The average Bonchev–Trinajstić information content (AvgIpc) is 3.45. The fraction of sp³-hybridized carbons (Fsp3) is 0.125. The number of rotatable bonds is 7. The van der Waals surface area contributed by atoms with Gasteiger partial charge in [0.25, 0.3) is 5.56 Å². The first-order valence-corrected chi connectivity index (χ1v) is 10.8. The molecule has 0 aliphatic carbocycles. The fourth-order valence-electron chi connectivity index (χ4n) is 3.50. The molecule has 0 spiro atoms. The lowest BCUT2D eigenvalue weighted by atomic mass is 10.2. The molecular formula is C24H20N4O2S. The summed E-state index contributed by atoms with van der Waals surface area (Å²) in [7, 11) is 0. The van der Waals surface area contributed by atoms with Gasteiger partial charge in [0.1, 0.15) is 10.8 Å². The lowest BCUT2D eigenvalue weighted by Gasteiger charge is -2.21. The van der Waals surface area contributed by atoms with Crippen LogP contribution in [0.4, 0.5) is 0 Å². The Bertz CT molecular complexity index is 1330. The predicted molar refractivity (Wildman–Crippen MR) is 121 cm³/mol. The number of furan rings is 1. The molecule has 5 aromatic rings. The van der Waals surface area contributed by atoms with Gasteiger partial charge in [-0.2, -0.15) is 9.61 Å². The summed E-state index contributed by atoms with van der Waals surface area (Å²) in [6.45, 7) is 1.88. The average molecular weight is 429 g/mol. The summed E-state index contributed by atoms with van der Waals surface area (Å²) in [5.74, 6) is 0.873. The van der Waals surface area contributed by atoms with Crippen molar-refractivity contribution in [2.24, 2.45) is 0 Å². The van der Waals surface area contributed by atoms with Gasteiger partial charge in [0, 0.05) is 24.7 Å². The van der Waals surface area contributed by atoms with Crippen LogP contribution < -0.4 is 5.56 Å². The molecule has 154 valence electrons. The second-order valence-corrected chi connectivity index (χ2v) is 8.22.